The lowest BCUT2D eigenvalue weighted by atomic mass is 10.5. The Morgan fingerprint density at radius 3 is 2.00 bits per heavy atom. The fourth-order valence-corrected chi connectivity index (χ4v) is 0.183. The lowest BCUT2D eigenvalue weighted by Crippen LogP contribution is -2.34. The molecule has 1 N–H and O–H groups in total. The van der Waals surface area contributed by atoms with Crippen LogP contribution in [0.25, 0.3) is 0 Å². The van der Waals surface area contributed by atoms with Crippen molar-refractivity contribution in [2.45, 2.75) is 13.1 Å². The molecular weight excluding hydrogens is 88.1 g/mol. The van der Waals surface area contributed by atoms with Gasteiger partial charge in [-0.1, -0.05) is 0 Å². The zero-order valence-corrected chi connectivity index (χ0v) is 5.23. The van der Waals surface area contributed by atoms with Gasteiger partial charge in [0.2, 0.25) is 0 Å². The Kier molecular flexibility index (Phi) is 2.96. The summed E-state index contributed by atoms with van der Waals surface area (Å²) < 4.78 is 0. The average Bonchev–Trinajstić information content (AvgIpc) is 1.65. The van der Waals surface area contributed by atoms with Gasteiger partial charge in [0.15, 0.2) is 0 Å². The molecule has 0 aromatic rings. The second kappa shape index (κ2) is 2.99. The molecule has 1 radical (unpaired) electrons. The summed E-state index contributed by atoms with van der Waals surface area (Å²) in [7, 11) is 7.52. The zero-order chi connectivity index (χ0) is 5.86. The van der Waals surface area contributed by atoms with E-state index in [0.717, 1.165) is 0 Å². The molecule has 0 aromatic heterocycles. The molecule has 0 rings (SSSR count). The van der Waals surface area contributed by atoms with Gasteiger partial charge in [0.05, 0.1) is 6.17 Å². The van der Waals surface area contributed by atoms with Gasteiger partial charge in [-0.25, -0.2) is 0 Å². The van der Waals surface area contributed by atoms with Crippen LogP contribution in [0.2, 0.25) is 0 Å². The highest BCUT2D eigenvalue weighted by Gasteiger charge is 1.95. The summed E-state index contributed by atoms with van der Waals surface area (Å²) in [4.78, 5) is 2.05. The van der Waals surface area contributed by atoms with Crippen molar-refractivity contribution in [3.05, 3.63) is 7.05 Å². The Morgan fingerprint density at radius 1 is 1.57 bits per heavy atom. The van der Waals surface area contributed by atoms with Crippen LogP contribution in [-0.4, -0.2) is 25.2 Å². The molecule has 0 spiro atoms. The number of rotatable bonds is 2. The predicted molar refractivity (Wildman–Crippen MR) is 31.6 cm³/mol. The fourth-order valence-electron chi connectivity index (χ4n) is 0.183. The Morgan fingerprint density at radius 2 is 2.00 bits per heavy atom. The summed E-state index contributed by atoms with van der Waals surface area (Å²) in [5.41, 5.74) is 0. The highest BCUT2D eigenvalue weighted by atomic mass is 15.2. The van der Waals surface area contributed by atoms with Crippen molar-refractivity contribution >= 4 is 0 Å². The van der Waals surface area contributed by atoms with Gasteiger partial charge in [-0.15, -0.1) is 0 Å². The van der Waals surface area contributed by atoms with E-state index in [1.807, 2.05) is 25.9 Å². The minimum absolute atomic E-state index is 0.375. The second-order valence-corrected chi connectivity index (χ2v) is 1.84. The molecule has 0 aromatic carbocycles. The minimum atomic E-state index is 0.375. The highest BCUT2D eigenvalue weighted by Crippen LogP contribution is 1.81. The van der Waals surface area contributed by atoms with Crippen LogP contribution in [0.4, 0.5) is 0 Å². The van der Waals surface area contributed by atoms with E-state index in [2.05, 4.69) is 12.4 Å². The summed E-state index contributed by atoms with van der Waals surface area (Å²) >= 11 is 0. The molecule has 1 unspecified atom stereocenters. The quantitative estimate of drug-likeness (QED) is 0.502. The molecule has 0 saturated carbocycles. The van der Waals surface area contributed by atoms with Gasteiger partial charge >= 0.3 is 0 Å². The molecule has 0 fully saturated rings. The number of nitrogens with zero attached hydrogens (tertiary/aromatic N) is 1. The molecule has 0 saturated heterocycles. The Bertz CT molecular complexity index is 43.3. The normalized spacial score (nSPS) is 15.0. The maximum absolute atomic E-state index is 3.52. The molecule has 2 heteroatoms. The summed E-state index contributed by atoms with van der Waals surface area (Å²) in [6, 6.07) is 0. The largest absolute Gasteiger partial charge is 0.301 e. The van der Waals surface area contributed by atoms with E-state index in [0.29, 0.717) is 6.17 Å². The lowest BCUT2D eigenvalue weighted by molar-refractivity contribution is 0.287. The zero-order valence-electron chi connectivity index (χ0n) is 5.23. The van der Waals surface area contributed by atoms with Crippen molar-refractivity contribution in [2.75, 3.05) is 14.1 Å². The molecule has 2 nitrogen and oxygen atoms in total. The molecule has 0 aliphatic carbocycles. The topological polar surface area (TPSA) is 15.3 Å². The van der Waals surface area contributed by atoms with Crippen LogP contribution >= 0.6 is 0 Å². The van der Waals surface area contributed by atoms with Crippen LogP contribution in [0.3, 0.4) is 0 Å². The highest BCUT2D eigenvalue weighted by molar-refractivity contribution is 4.52. The second-order valence-electron chi connectivity index (χ2n) is 1.84. The van der Waals surface area contributed by atoms with Gasteiger partial charge in [0.25, 0.3) is 0 Å². The fraction of sp³-hybridized carbons (Fsp3) is 0.800. The van der Waals surface area contributed by atoms with Crippen LogP contribution in [0.5, 0.6) is 0 Å². The Hall–Kier alpha value is -0.0800. The van der Waals surface area contributed by atoms with Crippen molar-refractivity contribution < 1.29 is 0 Å². The van der Waals surface area contributed by atoms with Crippen molar-refractivity contribution in [1.29, 1.82) is 0 Å². The SMILES string of the molecule is [CH2]NC(C)N(C)C. The molecule has 1 atom stereocenters. The maximum atomic E-state index is 3.52. The maximum Gasteiger partial charge on any atom is 0.0563 e. The molecule has 0 amide bonds. The van der Waals surface area contributed by atoms with E-state index in [1.54, 1.807) is 0 Å². The number of hydrogen-bond donors (Lipinski definition) is 1. The van der Waals surface area contributed by atoms with Gasteiger partial charge in [-0.05, 0) is 21.0 Å². The first kappa shape index (κ1) is 6.92. The minimum Gasteiger partial charge on any atom is -0.301 e. The third-order valence-electron chi connectivity index (χ3n) is 1.07. The van der Waals surface area contributed by atoms with Crippen LogP contribution in [0, 0.1) is 7.05 Å². The first-order chi connectivity index (χ1) is 3.18. The van der Waals surface area contributed by atoms with Gasteiger partial charge < -0.3 is 5.32 Å². The first-order valence-electron chi connectivity index (χ1n) is 2.37. The molecule has 0 aliphatic rings. The van der Waals surface area contributed by atoms with E-state index < -0.39 is 0 Å². The van der Waals surface area contributed by atoms with Gasteiger partial charge in [0, 0.05) is 7.05 Å². The van der Waals surface area contributed by atoms with E-state index in [9.17, 15) is 0 Å². The third-order valence-corrected chi connectivity index (χ3v) is 1.07. The van der Waals surface area contributed by atoms with Crippen LogP contribution in [0.1, 0.15) is 6.92 Å². The third kappa shape index (κ3) is 2.60. The Labute approximate surface area is 45.5 Å². The van der Waals surface area contributed by atoms with Gasteiger partial charge in [-0.2, -0.15) is 0 Å². The van der Waals surface area contributed by atoms with Gasteiger partial charge in [0.1, 0.15) is 0 Å². The van der Waals surface area contributed by atoms with E-state index in [1.165, 1.54) is 0 Å². The monoisotopic (exact) mass is 101 g/mol. The molecule has 0 aliphatic heterocycles. The average molecular weight is 101 g/mol. The molecule has 0 bridgehead atoms. The summed E-state index contributed by atoms with van der Waals surface area (Å²) in [6.07, 6.45) is 0.375. The van der Waals surface area contributed by atoms with Crippen molar-refractivity contribution in [1.82, 2.24) is 10.2 Å². The van der Waals surface area contributed by atoms with E-state index in [-0.39, 0.29) is 0 Å². The van der Waals surface area contributed by atoms with Crippen LogP contribution in [-0.2, 0) is 0 Å². The van der Waals surface area contributed by atoms with Crippen molar-refractivity contribution in [2.24, 2.45) is 0 Å². The lowest BCUT2D eigenvalue weighted by Gasteiger charge is -2.17. The molecular formula is C5H13N2. The van der Waals surface area contributed by atoms with Crippen LogP contribution in [0.15, 0.2) is 0 Å². The van der Waals surface area contributed by atoms with E-state index in [4.69, 9.17) is 0 Å². The molecule has 0 heterocycles. The smallest absolute Gasteiger partial charge is 0.0563 e. The van der Waals surface area contributed by atoms with Crippen LogP contribution < -0.4 is 5.32 Å². The van der Waals surface area contributed by atoms with Gasteiger partial charge in [-0.3, -0.25) is 4.90 Å². The molecule has 7 heavy (non-hydrogen) atoms. The number of nitrogens with one attached hydrogen (secondary N) is 1. The summed E-state index contributed by atoms with van der Waals surface area (Å²) in [5.74, 6) is 0. The first-order valence-corrected chi connectivity index (χ1v) is 2.37. The Balaban J connectivity index is 3.14. The number of hydrogen-bond acceptors (Lipinski definition) is 2. The van der Waals surface area contributed by atoms with E-state index >= 15 is 0 Å². The summed E-state index contributed by atoms with van der Waals surface area (Å²) in [5, 5.41) is 2.84. The van der Waals surface area contributed by atoms with Crippen molar-refractivity contribution in [3.8, 4) is 0 Å². The molecule has 43 valence electrons. The standard InChI is InChI=1S/C5H13N2/c1-5(6-2)7(3)4/h5-6H,2H2,1,3-4H3. The predicted octanol–water partition coefficient (Wildman–Crippen LogP) is 0.275. The summed E-state index contributed by atoms with van der Waals surface area (Å²) in [6.45, 7) is 2.05. The van der Waals surface area contributed by atoms with Crippen molar-refractivity contribution in [3.63, 3.8) is 0 Å².